The van der Waals surface area contributed by atoms with Gasteiger partial charge < -0.3 is 9.84 Å². The van der Waals surface area contributed by atoms with Crippen molar-refractivity contribution in [3.8, 4) is 0 Å². The standard InChI is InChI=1S/C16H20FNO4/c1-15(2,3)22-14(21)18-9-11-7-12(17)6-5-10(11)8-16(18,4)13(19)20/h5-7H,8-9H2,1-4H3,(H,19,20)/t16-/m0/s1. The normalized spacial score (nSPS) is 21.2. The molecule has 1 atom stereocenters. The van der Waals surface area contributed by atoms with Crippen LogP contribution in [0, 0.1) is 5.82 Å². The molecule has 22 heavy (non-hydrogen) atoms. The van der Waals surface area contributed by atoms with Crippen LogP contribution in [0.1, 0.15) is 38.8 Å². The SMILES string of the molecule is CC(C)(C)OC(=O)N1Cc2cc(F)ccc2C[C@@]1(C)C(=O)O. The van der Waals surface area contributed by atoms with Gasteiger partial charge in [-0.05, 0) is 51.0 Å². The highest BCUT2D eigenvalue weighted by atomic mass is 19.1. The Kier molecular flexibility index (Phi) is 3.89. The summed E-state index contributed by atoms with van der Waals surface area (Å²) in [5.41, 5.74) is -0.831. The summed E-state index contributed by atoms with van der Waals surface area (Å²) in [6.07, 6.45) is -0.607. The summed E-state index contributed by atoms with van der Waals surface area (Å²) < 4.78 is 18.7. The van der Waals surface area contributed by atoms with Gasteiger partial charge in [-0.2, -0.15) is 0 Å². The Balaban J connectivity index is 2.41. The van der Waals surface area contributed by atoms with E-state index in [9.17, 15) is 19.1 Å². The number of carboxylic acid groups (broad SMARTS) is 1. The average molecular weight is 309 g/mol. The second kappa shape index (κ2) is 5.26. The lowest BCUT2D eigenvalue weighted by molar-refractivity contribution is -0.151. The third-order valence-corrected chi connectivity index (χ3v) is 3.70. The number of hydrogen-bond acceptors (Lipinski definition) is 3. The van der Waals surface area contributed by atoms with Crippen LogP contribution in [0.4, 0.5) is 9.18 Å². The zero-order valence-electron chi connectivity index (χ0n) is 13.1. The smallest absolute Gasteiger partial charge is 0.411 e. The Labute approximate surface area is 128 Å². The lowest BCUT2D eigenvalue weighted by atomic mass is 9.84. The number of amides is 1. The topological polar surface area (TPSA) is 66.8 Å². The monoisotopic (exact) mass is 309 g/mol. The van der Waals surface area contributed by atoms with Gasteiger partial charge in [0.25, 0.3) is 0 Å². The zero-order valence-corrected chi connectivity index (χ0v) is 13.1. The van der Waals surface area contributed by atoms with Crippen molar-refractivity contribution < 1.29 is 23.8 Å². The fourth-order valence-corrected chi connectivity index (χ4v) is 2.50. The van der Waals surface area contributed by atoms with Gasteiger partial charge in [-0.3, -0.25) is 4.90 Å². The summed E-state index contributed by atoms with van der Waals surface area (Å²) in [5.74, 6) is -1.53. The van der Waals surface area contributed by atoms with E-state index < -0.39 is 29.0 Å². The van der Waals surface area contributed by atoms with E-state index in [4.69, 9.17) is 4.74 Å². The van der Waals surface area contributed by atoms with E-state index in [1.807, 2.05) is 0 Å². The number of hydrogen-bond donors (Lipinski definition) is 1. The van der Waals surface area contributed by atoms with Crippen molar-refractivity contribution in [2.75, 3.05) is 0 Å². The van der Waals surface area contributed by atoms with E-state index in [2.05, 4.69) is 0 Å². The predicted molar refractivity (Wildman–Crippen MR) is 77.9 cm³/mol. The molecule has 0 aromatic heterocycles. The number of benzene rings is 1. The minimum absolute atomic E-state index is 0.00477. The number of ether oxygens (including phenoxy) is 1. The van der Waals surface area contributed by atoms with Crippen LogP contribution in [-0.4, -0.2) is 33.2 Å². The van der Waals surface area contributed by atoms with Crippen molar-refractivity contribution in [1.29, 1.82) is 0 Å². The number of rotatable bonds is 1. The number of fused-ring (bicyclic) bond motifs is 1. The number of aliphatic carboxylic acids is 1. The molecule has 0 spiro atoms. The van der Waals surface area contributed by atoms with Gasteiger partial charge >= 0.3 is 12.1 Å². The molecule has 6 heteroatoms. The largest absolute Gasteiger partial charge is 0.479 e. The molecule has 1 aromatic carbocycles. The molecule has 5 nitrogen and oxygen atoms in total. The molecule has 2 rings (SSSR count). The molecular weight excluding hydrogens is 289 g/mol. The highest BCUT2D eigenvalue weighted by molar-refractivity contribution is 5.85. The third-order valence-electron chi connectivity index (χ3n) is 3.70. The fourth-order valence-electron chi connectivity index (χ4n) is 2.50. The molecule has 1 amide bonds. The van der Waals surface area contributed by atoms with E-state index in [1.54, 1.807) is 26.8 Å². The first-order chi connectivity index (χ1) is 10.0. The quantitative estimate of drug-likeness (QED) is 0.866. The summed E-state index contributed by atoms with van der Waals surface area (Å²) in [6, 6.07) is 4.19. The zero-order chi connectivity index (χ0) is 16.7. The van der Waals surface area contributed by atoms with Crippen molar-refractivity contribution in [2.45, 2.75) is 51.8 Å². The van der Waals surface area contributed by atoms with Crippen molar-refractivity contribution in [1.82, 2.24) is 4.90 Å². The average Bonchev–Trinajstić information content (AvgIpc) is 2.36. The number of nitrogens with zero attached hydrogens (tertiary/aromatic N) is 1. The van der Waals surface area contributed by atoms with Crippen LogP contribution in [0.3, 0.4) is 0 Å². The molecule has 0 saturated heterocycles. The molecule has 1 aliphatic heterocycles. The minimum atomic E-state index is -1.42. The van der Waals surface area contributed by atoms with Crippen molar-refractivity contribution in [2.24, 2.45) is 0 Å². The lowest BCUT2D eigenvalue weighted by Crippen LogP contribution is -2.59. The van der Waals surface area contributed by atoms with Crippen LogP contribution in [-0.2, 0) is 22.5 Å². The predicted octanol–water partition coefficient (Wildman–Crippen LogP) is 2.96. The van der Waals surface area contributed by atoms with Crippen LogP contribution in [0.25, 0.3) is 0 Å². The van der Waals surface area contributed by atoms with Crippen molar-refractivity contribution in [3.05, 3.63) is 35.1 Å². The van der Waals surface area contributed by atoms with Gasteiger partial charge in [-0.25, -0.2) is 14.0 Å². The molecule has 0 bridgehead atoms. The lowest BCUT2D eigenvalue weighted by Gasteiger charge is -2.42. The van der Waals surface area contributed by atoms with E-state index in [1.165, 1.54) is 19.1 Å². The summed E-state index contributed by atoms with van der Waals surface area (Å²) in [5, 5.41) is 9.57. The van der Waals surface area contributed by atoms with E-state index in [0.717, 1.165) is 10.5 Å². The van der Waals surface area contributed by atoms with Crippen LogP contribution >= 0.6 is 0 Å². The van der Waals surface area contributed by atoms with Gasteiger partial charge in [0.15, 0.2) is 0 Å². The number of carbonyl (C=O) groups is 2. The van der Waals surface area contributed by atoms with Crippen LogP contribution in [0.2, 0.25) is 0 Å². The highest BCUT2D eigenvalue weighted by Gasteiger charge is 2.47. The maximum atomic E-state index is 13.4. The molecule has 0 saturated carbocycles. The second-order valence-corrected chi connectivity index (χ2v) is 6.74. The van der Waals surface area contributed by atoms with Crippen LogP contribution in [0.5, 0.6) is 0 Å². The molecule has 1 N–H and O–H groups in total. The summed E-state index contributed by atoms with van der Waals surface area (Å²) in [4.78, 5) is 25.2. The number of carbonyl (C=O) groups excluding carboxylic acids is 1. The molecule has 0 aliphatic carbocycles. The van der Waals surface area contributed by atoms with Gasteiger partial charge in [0.2, 0.25) is 0 Å². The van der Waals surface area contributed by atoms with Crippen LogP contribution in [0.15, 0.2) is 18.2 Å². The van der Waals surface area contributed by atoms with E-state index >= 15 is 0 Å². The highest BCUT2D eigenvalue weighted by Crippen LogP contribution is 2.33. The van der Waals surface area contributed by atoms with Gasteiger partial charge in [0.05, 0.1) is 6.54 Å². The Morgan fingerprint density at radius 1 is 1.32 bits per heavy atom. The Bertz CT molecular complexity index is 623. The summed E-state index contributed by atoms with van der Waals surface area (Å²) >= 11 is 0. The van der Waals surface area contributed by atoms with Crippen molar-refractivity contribution in [3.63, 3.8) is 0 Å². The Morgan fingerprint density at radius 2 is 1.95 bits per heavy atom. The van der Waals surface area contributed by atoms with Gasteiger partial charge in [0.1, 0.15) is 17.0 Å². The maximum Gasteiger partial charge on any atom is 0.411 e. The van der Waals surface area contributed by atoms with Crippen LogP contribution < -0.4 is 0 Å². The first kappa shape index (κ1) is 16.3. The Hall–Kier alpha value is -2.11. The maximum absolute atomic E-state index is 13.4. The molecular formula is C16H20FNO4. The number of halogens is 1. The molecule has 120 valence electrons. The Morgan fingerprint density at radius 3 is 2.50 bits per heavy atom. The third kappa shape index (κ3) is 3.05. The first-order valence-corrected chi connectivity index (χ1v) is 7.04. The van der Waals surface area contributed by atoms with Gasteiger partial charge in [0, 0.05) is 6.42 Å². The molecule has 1 aromatic rings. The molecule has 0 unspecified atom stereocenters. The fraction of sp³-hybridized carbons (Fsp3) is 0.500. The molecule has 1 aliphatic rings. The summed E-state index contributed by atoms with van der Waals surface area (Å²) in [6.45, 7) is 6.61. The molecule has 0 fully saturated rings. The van der Waals surface area contributed by atoms with E-state index in [0.29, 0.717) is 5.56 Å². The van der Waals surface area contributed by atoms with Gasteiger partial charge in [-0.15, -0.1) is 0 Å². The molecule has 0 radical (unpaired) electrons. The van der Waals surface area contributed by atoms with Crippen molar-refractivity contribution >= 4 is 12.1 Å². The minimum Gasteiger partial charge on any atom is -0.479 e. The van der Waals surface area contributed by atoms with E-state index in [-0.39, 0.29) is 13.0 Å². The number of carboxylic acids is 1. The molecule has 1 heterocycles. The second-order valence-electron chi connectivity index (χ2n) is 6.74. The summed E-state index contributed by atoms with van der Waals surface area (Å²) in [7, 11) is 0. The van der Waals surface area contributed by atoms with Gasteiger partial charge in [-0.1, -0.05) is 6.07 Å². The first-order valence-electron chi connectivity index (χ1n) is 7.04.